The smallest absolute Gasteiger partial charge is 0.354 e. The van der Waals surface area contributed by atoms with E-state index in [1.54, 1.807) is 27.7 Å². The van der Waals surface area contributed by atoms with Gasteiger partial charge in [0.05, 0.1) is 51.0 Å². The molecule has 0 bridgehead atoms. The van der Waals surface area contributed by atoms with Crippen molar-refractivity contribution >= 4 is 23.9 Å². The molecular weight excluding hydrogens is 420 g/mol. The summed E-state index contributed by atoms with van der Waals surface area (Å²) in [5.41, 5.74) is 1.06. The number of H-pyrrole nitrogens is 2. The Bertz CT molecular complexity index is 974. The van der Waals surface area contributed by atoms with Gasteiger partial charge in [0, 0.05) is 11.1 Å². The lowest BCUT2D eigenvalue weighted by Crippen LogP contribution is -2.11. The third-order valence-corrected chi connectivity index (χ3v) is 5.04. The molecule has 174 valence electrons. The second-order valence-electron chi connectivity index (χ2n) is 7.60. The zero-order chi connectivity index (χ0) is 24.3. The number of aromatic nitrogens is 2. The molecule has 0 aliphatic heterocycles. The summed E-state index contributed by atoms with van der Waals surface area (Å²) in [5, 5.41) is 0. The molecule has 2 aromatic rings. The fourth-order valence-electron chi connectivity index (χ4n) is 3.71. The fraction of sp³-hybridized carbons (Fsp3) is 0.455. The second-order valence-corrected chi connectivity index (χ2v) is 7.60. The monoisotopic (exact) mass is 448 g/mol. The Balaban J connectivity index is 3.08. The molecule has 0 atom stereocenters. The third kappa shape index (κ3) is 4.12. The first-order valence-corrected chi connectivity index (χ1v) is 9.90. The molecule has 0 unspecified atom stereocenters. The Morgan fingerprint density at radius 2 is 0.844 bits per heavy atom. The zero-order valence-corrected chi connectivity index (χ0v) is 19.4. The van der Waals surface area contributed by atoms with Crippen molar-refractivity contribution in [1.29, 1.82) is 0 Å². The van der Waals surface area contributed by atoms with Gasteiger partial charge in [-0.2, -0.15) is 0 Å². The van der Waals surface area contributed by atoms with Gasteiger partial charge in [-0.25, -0.2) is 19.2 Å². The molecule has 32 heavy (non-hydrogen) atoms. The van der Waals surface area contributed by atoms with Gasteiger partial charge in [0.15, 0.2) is 0 Å². The lowest BCUT2D eigenvalue weighted by atomic mass is 9.94. The number of methoxy groups -OCH3 is 4. The molecule has 0 amide bonds. The van der Waals surface area contributed by atoms with Crippen LogP contribution in [0.5, 0.6) is 0 Å². The van der Waals surface area contributed by atoms with Crippen molar-refractivity contribution in [2.24, 2.45) is 0 Å². The number of esters is 4. The number of aromatic amines is 2. The van der Waals surface area contributed by atoms with E-state index in [1.165, 1.54) is 28.4 Å². The highest BCUT2D eigenvalue weighted by Crippen LogP contribution is 2.39. The molecule has 10 heteroatoms. The highest BCUT2D eigenvalue weighted by atomic mass is 16.5. The number of nitrogens with one attached hydrogen (secondary N) is 2. The van der Waals surface area contributed by atoms with Crippen LogP contribution in [-0.2, 0) is 18.9 Å². The maximum Gasteiger partial charge on any atom is 0.354 e. The summed E-state index contributed by atoms with van der Waals surface area (Å²) < 4.78 is 19.7. The largest absolute Gasteiger partial charge is 0.465 e. The molecule has 0 saturated heterocycles. The summed E-state index contributed by atoms with van der Waals surface area (Å²) in [5.74, 6) is -3.44. The summed E-state index contributed by atoms with van der Waals surface area (Å²) in [6.45, 7) is 7.17. The Hall–Kier alpha value is -3.56. The summed E-state index contributed by atoms with van der Waals surface area (Å²) >= 11 is 0. The van der Waals surface area contributed by atoms with Crippen LogP contribution in [0.15, 0.2) is 0 Å². The predicted octanol–water partition coefficient (Wildman–Crippen LogP) is 3.40. The van der Waals surface area contributed by atoms with E-state index in [2.05, 4.69) is 9.97 Å². The first kappa shape index (κ1) is 24.7. The van der Waals surface area contributed by atoms with Crippen LogP contribution in [0.4, 0.5) is 0 Å². The molecule has 2 N–H and O–H groups in total. The number of hydrogen-bond donors (Lipinski definition) is 2. The molecule has 0 aliphatic carbocycles. The molecule has 2 rings (SSSR count). The number of carbonyl (C=O) groups is 4. The highest BCUT2D eigenvalue weighted by molar-refractivity contribution is 6.08. The van der Waals surface area contributed by atoms with Gasteiger partial charge < -0.3 is 28.9 Å². The van der Waals surface area contributed by atoms with E-state index in [0.29, 0.717) is 11.1 Å². The summed E-state index contributed by atoms with van der Waals surface area (Å²) in [4.78, 5) is 56.4. The SMILES string of the molecule is COC(=O)c1[nH]c(-c2[nH]c(C(=O)OC)c(C(C)C)c2C(=O)OC)c(C(=O)OC)c1C(C)C. The van der Waals surface area contributed by atoms with Gasteiger partial charge in [-0.15, -0.1) is 0 Å². The van der Waals surface area contributed by atoms with Crippen molar-refractivity contribution in [2.45, 2.75) is 39.5 Å². The number of ether oxygens (including phenoxy) is 4. The molecule has 0 aromatic carbocycles. The van der Waals surface area contributed by atoms with E-state index >= 15 is 0 Å². The molecule has 2 aromatic heterocycles. The molecule has 0 aliphatic rings. The van der Waals surface area contributed by atoms with Crippen molar-refractivity contribution in [2.75, 3.05) is 28.4 Å². The molecule has 0 radical (unpaired) electrons. The molecule has 0 saturated carbocycles. The average molecular weight is 448 g/mol. The van der Waals surface area contributed by atoms with Crippen LogP contribution in [-0.4, -0.2) is 62.3 Å². The number of rotatable bonds is 7. The topological polar surface area (TPSA) is 137 Å². The number of hydrogen-bond acceptors (Lipinski definition) is 8. The summed E-state index contributed by atoms with van der Waals surface area (Å²) in [6.07, 6.45) is 0. The second kappa shape index (κ2) is 9.71. The van der Waals surface area contributed by atoms with Crippen LogP contribution in [0.2, 0.25) is 0 Å². The van der Waals surface area contributed by atoms with Crippen LogP contribution in [0.25, 0.3) is 11.4 Å². The van der Waals surface area contributed by atoms with Crippen molar-refractivity contribution in [3.8, 4) is 11.4 Å². The van der Waals surface area contributed by atoms with Crippen LogP contribution in [0.1, 0.15) is 92.4 Å². The van der Waals surface area contributed by atoms with Gasteiger partial charge in [0.25, 0.3) is 0 Å². The highest BCUT2D eigenvalue weighted by Gasteiger charge is 2.36. The van der Waals surface area contributed by atoms with Crippen molar-refractivity contribution in [1.82, 2.24) is 9.97 Å². The van der Waals surface area contributed by atoms with E-state index < -0.39 is 23.9 Å². The van der Waals surface area contributed by atoms with Crippen LogP contribution in [0.3, 0.4) is 0 Å². The minimum Gasteiger partial charge on any atom is -0.465 e. The Morgan fingerprint density at radius 1 is 0.562 bits per heavy atom. The van der Waals surface area contributed by atoms with Crippen LogP contribution in [0, 0.1) is 0 Å². The predicted molar refractivity (Wildman–Crippen MR) is 114 cm³/mol. The van der Waals surface area contributed by atoms with Crippen LogP contribution < -0.4 is 0 Å². The van der Waals surface area contributed by atoms with Gasteiger partial charge in [-0.05, 0) is 11.8 Å². The molecular formula is C22H28N2O8. The maximum atomic E-state index is 12.8. The van der Waals surface area contributed by atoms with Crippen molar-refractivity contribution in [3.05, 3.63) is 33.6 Å². The Morgan fingerprint density at radius 3 is 1.06 bits per heavy atom. The van der Waals surface area contributed by atoms with E-state index in [-0.39, 0.29) is 45.7 Å². The first-order valence-electron chi connectivity index (χ1n) is 9.90. The van der Waals surface area contributed by atoms with Gasteiger partial charge in [0.2, 0.25) is 0 Å². The lowest BCUT2D eigenvalue weighted by molar-refractivity contribution is 0.0579. The van der Waals surface area contributed by atoms with E-state index in [0.717, 1.165) is 0 Å². The van der Waals surface area contributed by atoms with E-state index in [4.69, 9.17) is 18.9 Å². The average Bonchev–Trinajstić information content (AvgIpc) is 3.36. The number of carbonyl (C=O) groups excluding carboxylic acids is 4. The molecule has 0 fully saturated rings. The zero-order valence-electron chi connectivity index (χ0n) is 19.4. The Kier molecular flexibility index (Phi) is 7.50. The molecule has 2 heterocycles. The molecule has 10 nitrogen and oxygen atoms in total. The normalized spacial score (nSPS) is 10.9. The van der Waals surface area contributed by atoms with Gasteiger partial charge in [-0.3, -0.25) is 0 Å². The Labute approximate surface area is 185 Å². The minimum atomic E-state index is -0.730. The minimum absolute atomic E-state index is 0.0361. The summed E-state index contributed by atoms with van der Waals surface area (Å²) in [7, 11) is 4.84. The van der Waals surface area contributed by atoms with Crippen LogP contribution >= 0.6 is 0 Å². The van der Waals surface area contributed by atoms with Gasteiger partial charge in [-0.1, -0.05) is 27.7 Å². The third-order valence-electron chi connectivity index (χ3n) is 5.04. The summed E-state index contributed by atoms with van der Waals surface area (Å²) in [6, 6.07) is 0. The van der Waals surface area contributed by atoms with E-state index in [9.17, 15) is 19.2 Å². The molecule has 0 spiro atoms. The van der Waals surface area contributed by atoms with Crippen molar-refractivity contribution in [3.63, 3.8) is 0 Å². The van der Waals surface area contributed by atoms with Crippen molar-refractivity contribution < 1.29 is 38.1 Å². The van der Waals surface area contributed by atoms with E-state index in [1.807, 2.05) is 0 Å². The lowest BCUT2D eigenvalue weighted by Gasteiger charge is -2.11. The van der Waals surface area contributed by atoms with Gasteiger partial charge >= 0.3 is 23.9 Å². The maximum absolute atomic E-state index is 12.8. The van der Waals surface area contributed by atoms with Gasteiger partial charge in [0.1, 0.15) is 11.4 Å². The first-order chi connectivity index (χ1) is 15.0. The fourth-order valence-corrected chi connectivity index (χ4v) is 3.71. The standard InChI is InChI=1S/C22H28N2O8/c1-9(2)11-13(19(25)29-5)15(23-17(11)21(27)31-7)16-14(20(26)30-6)12(10(3)4)18(24-16)22(28)32-8/h9-10,23-24H,1-8H3. The quantitative estimate of drug-likeness (QED) is 0.486.